The highest BCUT2D eigenvalue weighted by Gasteiger charge is 2.51. The van der Waals surface area contributed by atoms with Gasteiger partial charge >= 0.3 is 7.12 Å². The van der Waals surface area contributed by atoms with Gasteiger partial charge in [0.2, 0.25) is 5.43 Å². The Labute approximate surface area is 187 Å². The van der Waals surface area contributed by atoms with Gasteiger partial charge in [0.05, 0.1) is 22.0 Å². The molecule has 4 nitrogen and oxygen atoms in total. The number of benzene rings is 3. The maximum atomic E-state index is 12.7. The van der Waals surface area contributed by atoms with Crippen LogP contribution < -0.4 is 10.9 Å². The molecule has 5 rings (SSSR count). The fraction of sp³-hybridized carbons (Fsp3) is 0.222. The van der Waals surface area contributed by atoms with E-state index in [0.29, 0.717) is 21.9 Å². The maximum Gasteiger partial charge on any atom is 0.494 e. The Balaban J connectivity index is 1.38. The van der Waals surface area contributed by atoms with Crippen molar-refractivity contribution in [2.45, 2.75) is 38.9 Å². The SMILES string of the molecule is CC1(C)OB(c2ccc(/C=C/c3ccc4c(=O)c5ccccc5oc4c3)cc2)OC1(C)C. The molecule has 1 saturated heterocycles. The topological polar surface area (TPSA) is 48.7 Å². The van der Waals surface area contributed by atoms with Gasteiger partial charge in [-0.05, 0) is 68.6 Å². The molecule has 3 aromatic carbocycles. The van der Waals surface area contributed by atoms with E-state index >= 15 is 0 Å². The number of fused-ring (bicyclic) bond motifs is 2. The highest BCUT2D eigenvalue weighted by molar-refractivity contribution is 6.62. The second kappa shape index (κ2) is 7.47. The predicted molar refractivity (Wildman–Crippen MR) is 131 cm³/mol. The Morgan fingerprint density at radius 1 is 0.719 bits per heavy atom. The molecule has 1 fully saturated rings. The van der Waals surface area contributed by atoms with Crippen molar-refractivity contribution in [1.82, 2.24) is 0 Å². The molecule has 2 heterocycles. The Hall–Kier alpha value is -3.15. The molecular formula is C27H25BO4. The van der Waals surface area contributed by atoms with Crippen LogP contribution in [0.1, 0.15) is 38.8 Å². The quantitative estimate of drug-likeness (QED) is 0.251. The summed E-state index contributed by atoms with van der Waals surface area (Å²) >= 11 is 0. The van der Waals surface area contributed by atoms with Crippen molar-refractivity contribution in [1.29, 1.82) is 0 Å². The van der Waals surface area contributed by atoms with Crippen molar-refractivity contribution >= 4 is 46.7 Å². The first kappa shape index (κ1) is 20.7. The lowest BCUT2D eigenvalue weighted by Gasteiger charge is -2.32. The minimum Gasteiger partial charge on any atom is -0.456 e. The summed E-state index contributed by atoms with van der Waals surface area (Å²) in [5.41, 5.74) is 3.50. The lowest BCUT2D eigenvalue weighted by Crippen LogP contribution is -2.41. The van der Waals surface area contributed by atoms with E-state index in [2.05, 4.69) is 27.7 Å². The molecule has 0 saturated carbocycles. The molecule has 0 bridgehead atoms. The molecule has 5 heteroatoms. The van der Waals surface area contributed by atoms with Gasteiger partial charge in [0.15, 0.2) is 0 Å². The lowest BCUT2D eigenvalue weighted by molar-refractivity contribution is 0.00578. The number of rotatable bonds is 3. The minimum absolute atomic E-state index is 0.00401. The van der Waals surface area contributed by atoms with Gasteiger partial charge in [-0.25, -0.2) is 0 Å². The van der Waals surface area contributed by atoms with Crippen molar-refractivity contribution in [2.75, 3.05) is 0 Å². The molecule has 1 aliphatic heterocycles. The second-order valence-corrected chi connectivity index (χ2v) is 9.27. The number of hydrogen-bond acceptors (Lipinski definition) is 4. The first-order chi connectivity index (χ1) is 15.2. The number of para-hydroxylation sites is 1. The van der Waals surface area contributed by atoms with Crippen LogP contribution in [-0.4, -0.2) is 18.3 Å². The molecule has 1 aliphatic rings. The van der Waals surface area contributed by atoms with E-state index in [1.807, 2.05) is 72.8 Å². The molecule has 0 atom stereocenters. The lowest BCUT2D eigenvalue weighted by atomic mass is 9.79. The van der Waals surface area contributed by atoms with Crippen LogP contribution in [0.5, 0.6) is 0 Å². The van der Waals surface area contributed by atoms with Gasteiger partial charge in [-0.1, -0.05) is 54.6 Å². The van der Waals surface area contributed by atoms with Crippen molar-refractivity contribution in [2.24, 2.45) is 0 Å². The molecular weight excluding hydrogens is 399 g/mol. The Morgan fingerprint density at radius 3 is 2.03 bits per heavy atom. The summed E-state index contributed by atoms with van der Waals surface area (Å²) in [6.07, 6.45) is 4.05. The van der Waals surface area contributed by atoms with Crippen molar-refractivity contribution in [3.63, 3.8) is 0 Å². The van der Waals surface area contributed by atoms with Gasteiger partial charge in [0, 0.05) is 0 Å². The Kier molecular flexibility index (Phi) is 4.84. The van der Waals surface area contributed by atoms with Gasteiger partial charge in [-0.2, -0.15) is 0 Å². The van der Waals surface area contributed by atoms with Crippen LogP contribution in [0.15, 0.2) is 75.9 Å². The standard InChI is InChI=1S/C27H25BO4/c1-26(2)27(3,4)32-28(31-26)20-14-11-18(12-15-20)9-10-19-13-16-22-24(17-19)30-23-8-6-5-7-21(23)25(22)29/h5-17H,1-4H3/b10-9+. The van der Waals surface area contributed by atoms with E-state index in [-0.39, 0.29) is 23.7 Å². The average Bonchev–Trinajstić information content (AvgIpc) is 2.99. The molecule has 0 amide bonds. The van der Waals surface area contributed by atoms with Crippen LogP contribution in [0.25, 0.3) is 34.1 Å². The summed E-state index contributed by atoms with van der Waals surface area (Å²) < 4.78 is 18.2. The summed E-state index contributed by atoms with van der Waals surface area (Å²) in [6.45, 7) is 8.22. The zero-order chi connectivity index (χ0) is 22.5. The van der Waals surface area contributed by atoms with Crippen molar-refractivity contribution in [3.8, 4) is 0 Å². The summed E-state index contributed by atoms with van der Waals surface area (Å²) in [6, 6.07) is 21.2. The van der Waals surface area contributed by atoms with E-state index in [9.17, 15) is 4.79 Å². The largest absolute Gasteiger partial charge is 0.494 e. The molecule has 0 radical (unpaired) electrons. The molecule has 4 aromatic rings. The smallest absolute Gasteiger partial charge is 0.456 e. The van der Waals surface area contributed by atoms with Crippen LogP contribution in [-0.2, 0) is 9.31 Å². The summed E-state index contributed by atoms with van der Waals surface area (Å²) in [4.78, 5) is 12.7. The summed E-state index contributed by atoms with van der Waals surface area (Å²) in [5.74, 6) is 0. The molecule has 160 valence electrons. The van der Waals surface area contributed by atoms with Crippen LogP contribution in [0, 0.1) is 0 Å². The summed E-state index contributed by atoms with van der Waals surface area (Å²) in [5, 5.41) is 1.19. The van der Waals surface area contributed by atoms with Crippen LogP contribution >= 0.6 is 0 Å². The van der Waals surface area contributed by atoms with Crippen LogP contribution in [0.3, 0.4) is 0 Å². The Morgan fingerprint density at radius 2 is 1.31 bits per heavy atom. The maximum absolute atomic E-state index is 12.7. The molecule has 0 spiro atoms. The van der Waals surface area contributed by atoms with Gasteiger partial charge in [-0.3, -0.25) is 4.79 Å². The van der Waals surface area contributed by atoms with Gasteiger partial charge in [-0.15, -0.1) is 0 Å². The Bertz CT molecular complexity index is 1380. The third-order valence-corrected chi connectivity index (χ3v) is 6.53. The zero-order valence-corrected chi connectivity index (χ0v) is 18.7. The first-order valence-corrected chi connectivity index (χ1v) is 10.8. The van der Waals surface area contributed by atoms with Gasteiger partial charge < -0.3 is 13.7 Å². The van der Waals surface area contributed by atoms with E-state index < -0.39 is 0 Å². The summed E-state index contributed by atoms with van der Waals surface area (Å²) in [7, 11) is -0.365. The van der Waals surface area contributed by atoms with E-state index in [1.54, 1.807) is 6.07 Å². The monoisotopic (exact) mass is 424 g/mol. The fourth-order valence-corrected chi connectivity index (χ4v) is 3.86. The van der Waals surface area contributed by atoms with E-state index in [4.69, 9.17) is 13.7 Å². The minimum atomic E-state index is -0.365. The van der Waals surface area contributed by atoms with E-state index in [1.165, 1.54) is 0 Å². The predicted octanol–water partition coefficient (Wildman–Crippen LogP) is 5.42. The van der Waals surface area contributed by atoms with Crippen LogP contribution in [0.4, 0.5) is 0 Å². The highest BCUT2D eigenvalue weighted by Crippen LogP contribution is 2.36. The third-order valence-electron chi connectivity index (χ3n) is 6.53. The van der Waals surface area contributed by atoms with E-state index in [0.717, 1.165) is 16.6 Å². The molecule has 0 aliphatic carbocycles. The molecule has 32 heavy (non-hydrogen) atoms. The first-order valence-electron chi connectivity index (χ1n) is 10.8. The average molecular weight is 424 g/mol. The van der Waals surface area contributed by atoms with Crippen molar-refractivity contribution < 1.29 is 13.7 Å². The molecule has 1 aromatic heterocycles. The third kappa shape index (κ3) is 3.58. The highest BCUT2D eigenvalue weighted by atomic mass is 16.7. The van der Waals surface area contributed by atoms with Gasteiger partial charge in [0.1, 0.15) is 11.2 Å². The number of hydrogen-bond donors (Lipinski definition) is 0. The molecule has 0 unspecified atom stereocenters. The second-order valence-electron chi connectivity index (χ2n) is 9.27. The van der Waals surface area contributed by atoms with Gasteiger partial charge in [0.25, 0.3) is 0 Å². The fourth-order valence-electron chi connectivity index (χ4n) is 3.86. The van der Waals surface area contributed by atoms with Crippen molar-refractivity contribution in [3.05, 3.63) is 88.1 Å². The zero-order valence-electron chi connectivity index (χ0n) is 18.7. The normalized spacial score (nSPS) is 17.6. The van der Waals surface area contributed by atoms with Crippen LogP contribution in [0.2, 0.25) is 0 Å². The molecule has 0 N–H and O–H groups in total.